The molecule has 0 unspecified atom stereocenters. The van der Waals surface area contributed by atoms with E-state index >= 15 is 0 Å². The lowest BCUT2D eigenvalue weighted by Gasteiger charge is -2.08. The SMILES string of the molecule is Cn1c(=O)sc2cc(S(=O)(=O)Nc3cccc(Cl)c3)ccc21. The Labute approximate surface area is 135 Å². The lowest BCUT2D eigenvalue weighted by molar-refractivity contribution is 0.601. The molecule has 0 fully saturated rings. The summed E-state index contributed by atoms with van der Waals surface area (Å²) in [6, 6.07) is 11.1. The summed E-state index contributed by atoms with van der Waals surface area (Å²) in [6.07, 6.45) is 0. The quantitative estimate of drug-likeness (QED) is 0.786. The van der Waals surface area contributed by atoms with Crippen LogP contribution in [0.3, 0.4) is 0 Å². The fraction of sp³-hybridized carbons (Fsp3) is 0.0714. The highest BCUT2D eigenvalue weighted by Gasteiger charge is 2.16. The zero-order valence-corrected chi connectivity index (χ0v) is 13.8. The topological polar surface area (TPSA) is 68.2 Å². The molecule has 1 N–H and O–H groups in total. The van der Waals surface area contributed by atoms with Gasteiger partial charge in [-0.2, -0.15) is 0 Å². The van der Waals surface area contributed by atoms with Gasteiger partial charge in [-0.05, 0) is 36.4 Å². The first kappa shape index (κ1) is 15.1. The molecule has 2 aromatic carbocycles. The minimum atomic E-state index is -3.74. The number of fused-ring (bicyclic) bond motifs is 1. The van der Waals surface area contributed by atoms with Gasteiger partial charge in [-0.25, -0.2) is 8.42 Å². The Balaban J connectivity index is 2.03. The molecule has 114 valence electrons. The minimum absolute atomic E-state index is 0.0989. The Hall–Kier alpha value is -1.83. The van der Waals surface area contributed by atoms with Gasteiger partial charge in [0.2, 0.25) is 0 Å². The van der Waals surface area contributed by atoms with E-state index in [-0.39, 0.29) is 9.77 Å². The molecule has 0 spiro atoms. The number of hydrogen-bond acceptors (Lipinski definition) is 4. The van der Waals surface area contributed by atoms with Crippen molar-refractivity contribution in [2.45, 2.75) is 4.90 Å². The van der Waals surface area contributed by atoms with E-state index in [4.69, 9.17) is 11.6 Å². The van der Waals surface area contributed by atoms with Crippen LogP contribution in [0.4, 0.5) is 5.69 Å². The Kier molecular flexibility index (Phi) is 3.72. The van der Waals surface area contributed by atoms with Crippen LogP contribution in [0, 0.1) is 0 Å². The normalized spacial score (nSPS) is 11.7. The van der Waals surface area contributed by atoms with Gasteiger partial charge < -0.3 is 4.57 Å². The number of thiazole rings is 1. The average molecular weight is 355 g/mol. The van der Waals surface area contributed by atoms with Crippen molar-refractivity contribution in [3.8, 4) is 0 Å². The number of hydrogen-bond donors (Lipinski definition) is 1. The first-order chi connectivity index (χ1) is 10.4. The molecule has 0 aliphatic carbocycles. The highest BCUT2D eigenvalue weighted by molar-refractivity contribution is 7.92. The van der Waals surface area contributed by atoms with E-state index in [1.807, 2.05) is 0 Å². The van der Waals surface area contributed by atoms with E-state index in [0.717, 1.165) is 11.3 Å². The summed E-state index contributed by atoms with van der Waals surface area (Å²) in [7, 11) is -2.09. The van der Waals surface area contributed by atoms with Crippen molar-refractivity contribution in [3.63, 3.8) is 0 Å². The molecule has 0 aliphatic rings. The predicted molar refractivity (Wildman–Crippen MR) is 89.3 cm³/mol. The van der Waals surface area contributed by atoms with Crippen molar-refractivity contribution >= 4 is 48.9 Å². The summed E-state index contributed by atoms with van der Waals surface area (Å²) >= 11 is 6.86. The number of nitrogens with zero attached hydrogens (tertiary/aromatic N) is 1. The van der Waals surface area contributed by atoms with Crippen molar-refractivity contribution < 1.29 is 8.42 Å². The van der Waals surface area contributed by atoms with E-state index in [1.165, 1.54) is 22.8 Å². The van der Waals surface area contributed by atoms with Gasteiger partial charge >= 0.3 is 4.87 Å². The number of aromatic nitrogens is 1. The molecule has 0 saturated carbocycles. The Morgan fingerprint density at radius 3 is 2.68 bits per heavy atom. The smallest absolute Gasteiger partial charge is 0.302 e. The Morgan fingerprint density at radius 2 is 1.95 bits per heavy atom. The zero-order chi connectivity index (χ0) is 15.9. The molecule has 3 aromatic rings. The van der Waals surface area contributed by atoms with Gasteiger partial charge in [-0.3, -0.25) is 9.52 Å². The van der Waals surface area contributed by atoms with Crippen LogP contribution in [0.2, 0.25) is 5.02 Å². The summed E-state index contributed by atoms with van der Waals surface area (Å²) in [6.45, 7) is 0. The maximum Gasteiger partial charge on any atom is 0.307 e. The molecule has 0 aliphatic heterocycles. The Bertz CT molecular complexity index is 1020. The third kappa shape index (κ3) is 2.75. The predicted octanol–water partition coefficient (Wildman–Crippen LogP) is 3.05. The van der Waals surface area contributed by atoms with Crippen molar-refractivity contribution in [1.29, 1.82) is 0 Å². The highest BCUT2D eigenvalue weighted by atomic mass is 35.5. The summed E-state index contributed by atoms with van der Waals surface area (Å²) in [4.78, 5) is 11.6. The van der Waals surface area contributed by atoms with Crippen LogP contribution >= 0.6 is 22.9 Å². The van der Waals surface area contributed by atoms with Crippen LogP contribution in [0.15, 0.2) is 52.2 Å². The van der Waals surface area contributed by atoms with Crippen LogP contribution in [-0.2, 0) is 17.1 Å². The molecular weight excluding hydrogens is 344 g/mol. The molecule has 1 heterocycles. The van der Waals surface area contributed by atoms with Crippen LogP contribution in [0.25, 0.3) is 10.2 Å². The molecule has 22 heavy (non-hydrogen) atoms. The average Bonchev–Trinajstić information content (AvgIpc) is 2.73. The van der Waals surface area contributed by atoms with Crippen molar-refractivity contribution in [2.24, 2.45) is 7.05 Å². The Morgan fingerprint density at radius 1 is 1.18 bits per heavy atom. The third-order valence-corrected chi connectivity index (χ3v) is 5.76. The molecule has 0 atom stereocenters. The van der Waals surface area contributed by atoms with Crippen LogP contribution in [0.5, 0.6) is 0 Å². The van der Waals surface area contributed by atoms with Gasteiger partial charge in [0.15, 0.2) is 0 Å². The van der Waals surface area contributed by atoms with Gasteiger partial charge in [0, 0.05) is 12.1 Å². The van der Waals surface area contributed by atoms with Crippen molar-refractivity contribution in [1.82, 2.24) is 4.57 Å². The summed E-state index contributed by atoms with van der Waals surface area (Å²) in [5.74, 6) is 0. The standard InChI is InChI=1S/C14H11ClN2O3S2/c1-17-12-6-5-11(8-13(12)21-14(17)18)22(19,20)16-10-4-2-3-9(15)7-10/h2-8,16H,1H3. The lowest BCUT2D eigenvalue weighted by Crippen LogP contribution is -2.12. The van der Waals surface area contributed by atoms with Gasteiger partial charge in [-0.15, -0.1) is 0 Å². The molecule has 0 saturated heterocycles. The van der Waals surface area contributed by atoms with Gasteiger partial charge in [0.05, 0.1) is 20.8 Å². The van der Waals surface area contributed by atoms with Crippen LogP contribution < -0.4 is 9.60 Å². The second kappa shape index (κ2) is 5.42. The molecule has 3 rings (SSSR count). The summed E-state index contributed by atoms with van der Waals surface area (Å²) in [5.41, 5.74) is 1.09. The first-order valence-electron chi connectivity index (χ1n) is 6.25. The van der Waals surface area contributed by atoms with Crippen LogP contribution in [-0.4, -0.2) is 13.0 Å². The number of rotatable bonds is 3. The van der Waals surface area contributed by atoms with Crippen LogP contribution in [0.1, 0.15) is 0 Å². The largest absolute Gasteiger partial charge is 0.307 e. The summed E-state index contributed by atoms with van der Waals surface area (Å²) in [5, 5.41) is 0.442. The third-order valence-electron chi connectivity index (χ3n) is 3.15. The first-order valence-corrected chi connectivity index (χ1v) is 8.92. The molecule has 0 bridgehead atoms. The zero-order valence-electron chi connectivity index (χ0n) is 11.4. The van der Waals surface area contributed by atoms with E-state index in [1.54, 1.807) is 31.3 Å². The maximum absolute atomic E-state index is 12.4. The van der Waals surface area contributed by atoms with Gasteiger partial charge in [0.25, 0.3) is 10.0 Å². The molecule has 1 aromatic heterocycles. The minimum Gasteiger partial charge on any atom is -0.302 e. The van der Waals surface area contributed by atoms with E-state index in [2.05, 4.69) is 4.72 Å². The second-order valence-electron chi connectivity index (χ2n) is 4.67. The highest BCUT2D eigenvalue weighted by Crippen LogP contribution is 2.24. The number of nitrogens with one attached hydrogen (secondary N) is 1. The molecule has 0 radical (unpaired) electrons. The number of benzene rings is 2. The van der Waals surface area contributed by atoms with Gasteiger partial charge in [-0.1, -0.05) is 29.0 Å². The number of aryl methyl sites for hydroxylation is 1. The maximum atomic E-state index is 12.4. The van der Waals surface area contributed by atoms with E-state index < -0.39 is 10.0 Å². The molecule has 0 amide bonds. The number of sulfonamides is 1. The molecule has 5 nitrogen and oxygen atoms in total. The monoisotopic (exact) mass is 354 g/mol. The summed E-state index contributed by atoms with van der Waals surface area (Å²) < 4.78 is 29.4. The number of anilines is 1. The van der Waals surface area contributed by atoms with Crippen molar-refractivity contribution in [2.75, 3.05) is 4.72 Å². The van der Waals surface area contributed by atoms with E-state index in [9.17, 15) is 13.2 Å². The second-order valence-corrected chi connectivity index (χ2v) is 7.78. The molecular formula is C14H11ClN2O3S2. The lowest BCUT2D eigenvalue weighted by atomic mass is 10.3. The number of halogens is 1. The van der Waals surface area contributed by atoms with E-state index in [0.29, 0.717) is 20.9 Å². The fourth-order valence-corrected chi connectivity index (χ4v) is 4.31. The molecule has 8 heteroatoms. The van der Waals surface area contributed by atoms with Gasteiger partial charge in [0.1, 0.15) is 0 Å². The fourth-order valence-electron chi connectivity index (χ4n) is 2.05. The van der Waals surface area contributed by atoms with Crippen molar-refractivity contribution in [3.05, 3.63) is 57.2 Å².